The summed E-state index contributed by atoms with van der Waals surface area (Å²) in [4.78, 5) is 6.76. The highest BCUT2D eigenvalue weighted by Gasteiger charge is 2.30. The highest BCUT2D eigenvalue weighted by atomic mass is 16.5. The van der Waals surface area contributed by atoms with Crippen LogP contribution in [0.3, 0.4) is 0 Å². The Bertz CT molecular complexity index is 401. The summed E-state index contributed by atoms with van der Waals surface area (Å²) in [6.45, 7) is 3.35. The van der Waals surface area contributed by atoms with E-state index >= 15 is 0 Å². The van der Waals surface area contributed by atoms with Crippen molar-refractivity contribution in [2.45, 2.75) is 44.1 Å². The Morgan fingerprint density at radius 2 is 1.95 bits per heavy atom. The highest BCUT2D eigenvalue weighted by Crippen LogP contribution is 2.25. The lowest BCUT2D eigenvalue weighted by Gasteiger charge is -2.25. The Balaban J connectivity index is 1.71. The summed E-state index contributed by atoms with van der Waals surface area (Å²) in [5.74, 6) is 1.39. The van der Waals surface area contributed by atoms with Gasteiger partial charge in [0.1, 0.15) is 0 Å². The molecule has 0 aliphatic carbocycles. The van der Waals surface area contributed by atoms with E-state index < -0.39 is 0 Å². The van der Waals surface area contributed by atoms with Crippen molar-refractivity contribution in [2.24, 2.45) is 5.73 Å². The van der Waals surface area contributed by atoms with E-state index in [1.165, 1.54) is 25.7 Å². The van der Waals surface area contributed by atoms with Gasteiger partial charge in [-0.3, -0.25) is 0 Å². The molecular weight excluding hydrogens is 244 g/mol. The van der Waals surface area contributed by atoms with E-state index in [1.54, 1.807) is 0 Å². The van der Waals surface area contributed by atoms with Crippen molar-refractivity contribution >= 4 is 5.95 Å². The fourth-order valence-corrected chi connectivity index (χ4v) is 2.79. The summed E-state index contributed by atoms with van der Waals surface area (Å²) in [5.41, 5.74) is 6.10. The molecule has 106 valence electrons. The Kier molecular flexibility index (Phi) is 3.98. The maximum atomic E-state index is 6.10. The van der Waals surface area contributed by atoms with Crippen LogP contribution in [-0.2, 0) is 4.74 Å². The molecule has 0 spiro atoms. The summed E-state index contributed by atoms with van der Waals surface area (Å²) in [7, 11) is 0. The van der Waals surface area contributed by atoms with Crippen LogP contribution in [0, 0.1) is 0 Å². The van der Waals surface area contributed by atoms with Crippen molar-refractivity contribution in [1.82, 2.24) is 10.1 Å². The minimum atomic E-state index is 0.0435. The van der Waals surface area contributed by atoms with Crippen LogP contribution in [0.2, 0.25) is 0 Å². The quantitative estimate of drug-likeness (QED) is 0.869. The molecule has 2 aliphatic rings. The van der Waals surface area contributed by atoms with Crippen molar-refractivity contribution in [3.63, 3.8) is 0 Å². The average Bonchev–Trinajstić information content (AvgIpc) is 2.75. The van der Waals surface area contributed by atoms with Gasteiger partial charge in [-0.15, -0.1) is 0 Å². The van der Waals surface area contributed by atoms with Gasteiger partial charge in [0, 0.05) is 25.7 Å². The minimum absolute atomic E-state index is 0.0435. The van der Waals surface area contributed by atoms with Crippen LogP contribution < -0.4 is 10.6 Å². The van der Waals surface area contributed by atoms with Crippen LogP contribution in [0.5, 0.6) is 0 Å². The van der Waals surface area contributed by atoms with E-state index in [9.17, 15) is 0 Å². The van der Waals surface area contributed by atoms with Gasteiger partial charge < -0.3 is 19.9 Å². The largest absolute Gasteiger partial charge is 0.381 e. The zero-order chi connectivity index (χ0) is 13.1. The molecule has 2 saturated heterocycles. The first-order valence-corrected chi connectivity index (χ1v) is 7.26. The van der Waals surface area contributed by atoms with Crippen molar-refractivity contribution in [3.05, 3.63) is 5.89 Å². The Morgan fingerprint density at radius 3 is 2.68 bits per heavy atom. The molecule has 6 heteroatoms. The number of nitrogens with two attached hydrogens (primary N) is 1. The lowest BCUT2D eigenvalue weighted by Crippen LogP contribution is -2.37. The standard InChI is InChI=1S/C13H22N4O2/c14-11-5-8-18-9-10(11)12-15-13(16-19-12)17-6-3-1-2-4-7-17/h10-11H,1-9,14H2. The number of aromatic nitrogens is 2. The third-order valence-electron chi connectivity index (χ3n) is 4.05. The van der Waals surface area contributed by atoms with Gasteiger partial charge in [-0.05, 0) is 24.4 Å². The summed E-state index contributed by atoms with van der Waals surface area (Å²) >= 11 is 0. The first-order chi connectivity index (χ1) is 9.34. The molecule has 2 aliphatic heterocycles. The molecule has 2 N–H and O–H groups in total. The van der Waals surface area contributed by atoms with E-state index in [4.69, 9.17) is 15.0 Å². The van der Waals surface area contributed by atoms with Gasteiger partial charge in [-0.25, -0.2) is 0 Å². The van der Waals surface area contributed by atoms with E-state index in [0.29, 0.717) is 12.5 Å². The molecule has 0 radical (unpaired) electrons. The third kappa shape index (κ3) is 2.90. The summed E-state index contributed by atoms with van der Waals surface area (Å²) in [5, 5.41) is 4.12. The number of ether oxygens (including phenoxy) is 1. The summed E-state index contributed by atoms with van der Waals surface area (Å²) < 4.78 is 10.9. The van der Waals surface area contributed by atoms with Crippen molar-refractivity contribution in [1.29, 1.82) is 0 Å². The van der Waals surface area contributed by atoms with E-state index in [2.05, 4.69) is 15.0 Å². The molecule has 0 aromatic carbocycles. The molecule has 6 nitrogen and oxygen atoms in total. The second-order valence-corrected chi connectivity index (χ2v) is 5.47. The smallest absolute Gasteiger partial charge is 0.266 e. The number of hydrogen-bond donors (Lipinski definition) is 1. The minimum Gasteiger partial charge on any atom is -0.381 e. The lowest BCUT2D eigenvalue weighted by molar-refractivity contribution is 0.0590. The third-order valence-corrected chi connectivity index (χ3v) is 4.05. The van der Waals surface area contributed by atoms with Gasteiger partial charge in [0.05, 0.1) is 12.5 Å². The monoisotopic (exact) mass is 266 g/mol. The van der Waals surface area contributed by atoms with E-state index in [0.717, 1.165) is 32.1 Å². The number of nitrogens with zero attached hydrogens (tertiary/aromatic N) is 3. The van der Waals surface area contributed by atoms with Crippen LogP contribution in [0.25, 0.3) is 0 Å². The molecule has 2 atom stereocenters. The van der Waals surface area contributed by atoms with Gasteiger partial charge in [-0.2, -0.15) is 4.98 Å². The van der Waals surface area contributed by atoms with Gasteiger partial charge in [0.2, 0.25) is 5.89 Å². The predicted octanol–water partition coefficient (Wildman–Crippen LogP) is 1.28. The molecule has 0 amide bonds. The summed E-state index contributed by atoms with van der Waals surface area (Å²) in [6, 6.07) is 0.0613. The van der Waals surface area contributed by atoms with Crippen LogP contribution in [-0.4, -0.2) is 42.5 Å². The number of hydrogen-bond acceptors (Lipinski definition) is 6. The van der Waals surface area contributed by atoms with Crippen LogP contribution in [0.1, 0.15) is 43.9 Å². The molecule has 2 fully saturated rings. The van der Waals surface area contributed by atoms with Gasteiger partial charge in [-0.1, -0.05) is 12.8 Å². The van der Waals surface area contributed by atoms with Gasteiger partial charge >= 0.3 is 0 Å². The van der Waals surface area contributed by atoms with E-state index in [1.807, 2.05) is 0 Å². The molecule has 3 rings (SSSR count). The van der Waals surface area contributed by atoms with Crippen molar-refractivity contribution in [3.8, 4) is 0 Å². The predicted molar refractivity (Wildman–Crippen MR) is 71.1 cm³/mol. The fraction of sp³-hybridized carbons (Fsp3) is 0.846. The van der Waals surface area contributed by atoms with E-state index in [-0.39, 0.29) is 12.0 Å². The van der Waals surface area contributed by atoms with Crippen LogP contribution in [0.4, 0.5) is 5.95 Å². The maximum absolute atomic E-state index is 6.10. The molecule has 0 bridgehead atoms. The summed E-state index contributed by atoms with van der Waals surface area (Å²) in [6.07, 6.45) is 5.85. The number of anilines is 1. The average molecular weight is 266 g/mol. The molecule has 1 aromatic heterocycles. The molecule has 2 unspecified atom stereocenters. The second-order valence-electron chi connectivity index (χ2n) is 5.47. The van der Waals surface area contributed by atoms with Crippen LogP contribution >= 0.6 is 0 Å². The Hall–Kier alpha value is -1.14. The highest BCUT2D eigenvalue weighted by molar-refractivity contribution is 5.28. The molecular formula is C13H22N4O2. The Morgan fingerprint density at radius 1 is 1.16 bits per heavy atom. The van der Waals surface area contributed by atoms with Crippen LogP contribution in [0.15, 0.2) is 4.52 Å². The SMILES string of the molecule is NC1CCOCC1c1nc(N2CCCCCC2)no1. The molecule has 1 aromatic rings. The molecule has 3 heterocycles. The van der Waals surface area contributed by atoms with Gasteiger partial charge in [0.25, 0.3) is 5.95 Å². The molecule has 0 saturated carbocycles. The maximum Gasteiger partial charge on any atom is 0.266 e. The molecule has 19 heavy (non-hydrogen) atoms. The van der Waals surface area contributed by atoms with Gasteiger partial charge in [0.15, 0.2) is 0 Å². The Labute approximate surface area is 113 Å². The normalized spacial score (nSPS) is 29.2. The fourth-order valence-electron chi connectivity index (χ4n) is 2.79. The first-order valence-electron chi connectivity index (χ1n) is 7.26. The van der Waals surface area contributed by atoms with Crippen molar-refractivity contribution < 1.29 is 9.26 Å². The zero-order valence-corrected chi connectivity index (χ0v) is 11.3. The second kappa shape index (κ2) is 5.88. The lowest BCUT2D eigenvalue weighted by atomic mass is 9.97. The zero-order valence-electron chi connectivity index (χ0n) is 11.3. The van der Waals surface area contributed by atoms with Crippen molar-refractivity contribution in [2.75, 3.05) is 31.2 Å². The number of rotatable bonds is 2. The topological polar surface area (TPSA) is 77.4 Å². The first kappa shape index (κ1) is 12.9.